The van der Waals surface area contributed by atoms with E-state index in [1.165, 1.54) is 56.9 Å². The van der Waals surface area contributed by atoms with Crippen LogP contribution in [0.15, 0.2) is 30.3 Å². The van der Waals surface area contributed by atoms with Crippen molar-refractivity contribution in [3.63, 3.8) is 0 Å². The SMILES string of the molecule is ClC1CCC(c2ccccc2)CC1CCCC1CCCO1. The molecule has 0 spiro atoms. The van der Waals surface area contributed by atoms with Gasteiger partial charge in [0.1, 0.15) is 0 Å². The Morgan fingerprint density at radius 1 is 1.05 bits per heavy atom. The van der Waals surface area contributed by atoms with Crippen LogP contribution in [0.25, 0.3) is 0 Å². The van der Waals surface area contributed by atoms with Crippen molar-refractivity contribution in [3.8, 4) is 0 Å². The lowest BCUT2D eigenvalue weighted by atomic mass is 9.76. The van der Waals surface area contributed by atoms with Crippen LogP contribution in [0.3, 0.4) is 0 Å². The van der Waals surface area contributed by atoms with E-state index in [2.05, 4.69) is 30.3 Å². The summed E-state index contributed by atoms with van der Waals surface area (Å²) in [5.41, 5.74) is 1.50. The molecule has 4 unspecified atom stereocenters. The van der Waals surface area contributed by atoms with Gasteiger partial charge in [0, 0.05) is 12.0 Å². The Balaban J connectivity index is 1.49. The van der Waals surface area contributed by atoms with E-state index in [0.29, 0.717) is 23.3 Å². The summed E-state index contributed by atoms with van der Waals surface area (Å²) in [4.78, 5) is 0. The normalized spacial score (nSPS) is 33.2. The monoisotopic (exact) mass is 306 g/mol. The van der Waals surface area contributed by atoms with Gasteiger partial charge in [-0.05, 0) is 62.3 Å². The summed E-state index contributed by atoms with van der Waals surface area (Å²) in [6, 6.07) is 11.0. The van der Waals surface area contributed by atoms with E-state index in [0.717, 1.165) is 6.61 Å². The molecule has 1 aromatic rings. The molecule has 116 valence electrons. The zero-order chi connectivity index (χ0) is 14.5. The molecule has 4 atom stereocenters. The van der Waals surface area contributed by atoms with Crippen LogP contribution in [-0.4, -0.2) is 18.1 Å². The second-order valence-corrected chi connectivity index (χ2v) is 7.32. The Kier molecular flexibility index (Phi) is 5.60. The molecule has 1 heterocycles. The fourth-order valence-corrected chi connectivity index (χ4v) is 4.39. The van der Waals surface area contributed by atoms with Gasteiger partial charge >= 0.3 is 0 Å². The number of halogens is 1. The van der Waals surface area contributed by atoms with E-state index in [1.54, 1.807) is 0 Å². The highest BCUT2D eigenvalue weighted by molar-refractivity contribution is 6.20. The Bertz CT molecular complexity index is 413. The fraction of sp³-hybridized carbons (Fsp3) is 0.684. The van der Waals surface area contributed by atoms with Crippen LogP contribution in [0, 0.1) is 5.92 Å². The van der Waals surface area contributed by atoms with Crippen molar-refractivity contribution in [2.24, 2.45) is 5.92 Å². The number of alkyl halides is 1. The molecular weight excluding hydrogens is 280 g/mol. The first-order chi connectivity index (χ1) is 10.3. The second kappa shape index (κ2) is 7.65. The van der Waals surface area contributed by atoms with Crippen LogP contribution in [-0.2, 0) is 4.74 Å². The Morgan fingerprint density at radius 3 is 2.67 bits per heavy atom. The van der Waals surface area contributed by atoms with E-state index in [9.17, 15) is 0 Å². The zero-order valence-electron chi connectivity index (χ0n) is 12.8. The van der Waals surface area contributed by atoms with E-state index in [1.807, 2.05) is 0 Å². The molecule has 1 aromatic carbocycles. The summed E-state index contributed by atoms with van der Waals surface area (Å²) in [6.07, 6.45) is 10.5. The Morgan fingerprint density at radius 2 is 1.90 bits per heavy atom. The number of rotatable bonds is 5. The first-order valence-electron chi connectivity index (χ1n) is 8.63. The molecule has 0 aromatic heterocycles. The van der Waals surface area contributed by atoms with Crippen LogP contribution < -0.4 is 0 Å². The molecule has 2 aliphatic rings. The molecule has 3 rings (SSSR count). The average Bonchev–Trinajstić information content (AvgIpc) is 3.03. The first kappa shape index (κ1) is 15.4. The lowest BCUT2D eigenvalue weighted by Crippen LogP contribution is -2.24. The number of hydrogen-bond acceptors (Lipinski definition) is 1. The standard InChI is InChI=1S/C19H27ClO/c20-19-12-11-16(15-6-2-1-3-7-15)14-17(19)8-4-9-18-10-5-13-21-18/h1-3,6-7,16-19H,4-5,8-14H2. The van der Waals surface area contributed by atoms with Gasteiger partial charge in [0.2, 0.25) is 0 Å². The lowest BCUT2D eigenvalue weighted by Gasteiger charge is -2.33. The molecule has 1 aliphatic heterocycles. The molecule has 1 nitrogen and oxygen atoms in total. The van der Waals surface area contributed by atoms with Crippen molar-refractivity contribution in [1.82, 2.24) is 0 Å². The fourth-order valence-electron chi connectivity index (χ4n) is 4.03. The predicted molar refractivity (Wildman–Crippen MR) is 89.0 cm³/mol. The van der Waals surface area contributed by atoms with Crippen molar-refractivity contribution < 1.29 is 4.74 Å². The third kappa shape index (κ3) is 4.23. The summed E-state index contributed by atoms with van der Waals surface area (Å²) < 4.78 is 5.73. The predicted octanol–water partition coefficient (Wildman–Crippen LogP) is 5.53. The van der Waals surface area contributed by atoms with Crippen molar-refractivity contribution in [2.45, 2.75) is 68.8 Å². The molecule has 21 heavy (non-hydrogen) atoms. The summed E-state index contributed by atoms with van der Waals surface area (Å²) in [6.45, 7) is 0.975. The van der Waals surface area contributed by atoms with E-state index < -0.39 is 0 Å². The molecule has 0 radical (unpaired) electrons. The minimum Gasteiger partial charge on any atom is -0.378 e. The average molecular weight is 307 g/mol. The highest BCUT2D eigenvalue weighted by Gasteiger charge is 2.29. The number of ether oxygens (including phenoxy) is 1. The van der Waals surface area contributed by atoms with Crippen LogP contribution in [0.4, 0.5) is 0 Å². The van der Waals surface area contributed by atoms with Crippen LogP contribution in [0.2, 0.25) is 0 Å². The third-order valence-corrected chi connectivity index (χ3v) is 5.86. The highest BCUT2D eigenvalue weighted by Crippen LogP contribution is 2.40. The van der Waals surface area contributed by atoms with Gasteiger partial charge in [-0.1, -0.05) is 36.8 Å². The molecule has 1 saturated heterocycles. The van der Waals surface area contributed by atoms with Crippen molar-refractivity contribution >= 4 is 11.6 Å². The van der Waals surface area contributed by atoms with E-state index in [-0.39, 0.29) is 0 Å². The minimum atomic E-state index is 0.384. The van der Waals surface area contributed by atoms with Gasteiger partial charge in [-0.25, -0.2) is 0 Å². The quantitative estimate of drug-likeness (QED) is 0.650. The van der Waals surface area contributed by atoms with Crippen molar-refractivity contribution in [1.29, 1.82) is 0 Å². The molecule has 2 heteroatoms. The topological polar surface area (TPSA) is 9.23 Å². The van der Waals surface area contributed by atoms with Gasteiger partial charge in [-0.3, -0.25) is 0 Å². The molecule has 0 bridgehead atoms. The maximum atomic E-state index is 6.60. The van der Waals surface area contributed by atoms with Crippen LogP contribution in [0.5, 0.6) is 0 Å². The highest BCUT2D eigenvalue weighted by atomic mass is 35.5. The molecule has 1 aliphatic carbocycles. The zero-order valence-corrected chi connectivity index (χ0v) is 13.6. The van der Waals surface area contributed by atoms with Gasteiger partial charge < -0.3 is 4.74 Å². The van der Waals surface area contributed by atoms with E-state index >= 15 is 0 Å². The van der Waals surface area contributed by atoms with Gasteiger partial charge in [-0.2, -0.15) is 0 Å². The molecular formula is C19H27ClO. The van der Waals surface area contributed by atoms with Crippen molar-refractivity contribution in [2.75, 3.05) is 6.61 Å². The van der Waals surface area contributed by atoms with Crippen LogP contribution in [0.1, 0.15) is 62.8 Å². The minimum absolute atomic E-state index is 0.384. The van der Waals surface area contributed by atoms with Crippen molar-refractivity contribution in [3.05, 3.63) is 35.9 Å². The molecule has 0 N–H and O–H groups in total. The van der Waals surface area contributed by atoms with E-state index in [4.69, 9.17) is 16.3 Å². The largest absolute Gasteiger partial charge is 0.378 e. The first-order valence-corrected chi connectivity index (χ1v) is 9.07. The second-order valence-electron chi connectivity index (χ2n) is 6.76. The van der Waals surface area contributed by atoms with Gasteiger partial charge in [-0.15, -0.1) is 11.6 Å². The molecule has 0 amide bonds. The van der Waals surface area contributed by atoms with Crippen LogP contribution >= 0.6 is 11.6 Å². The summed E-state index contributed by atoms with van der Waals surface area (Å²) in [5.74, 6) is 1.40. The van der Waals surface area contributed by atoms with Gasteiger partial charge in [0.15, 0.2) is 0 Å². The summed E-state index contributed by atoms with van der Waals surface area (Å²) in [5, 5.41) is 0.384. The lowest BCUT2D eigenvalue weighted by molar-refractivity contribution is 0.0998. The smallest absolute Gasteiger partial charge is 0.0576 e. The maximum Gasteiger partial charge on any atom is 0.0576 e. The Hall–Kier alpha value is -0.530. The molecule has 2 fully saturated rings. The third-order valence-electron chi connectivity index (χ3n) is 5.29. The number of benzene rings is 1. The summed E-state index contributed by atoms with van der Waals surface area (Å²) >= 11 is 6.60. The number of hydrogen-bond donors (Lipinski definition) is 0. The van der Waals surface area contributed by atoms with Gasteiger partial charge in [0.25, 0.3) is 0 Å². The Labute approximate surface area is 134 Å². The summed E-state index contributed by atoms with van der Waals surface area (Å²) in [7, 11) is 0. The molecule has 1 saturated carbocycles. The maximum absolute atomic E-state index is 6.60. The van der Waals surface area contributed by atoms with Gasteiger partial charge in [0.05, 0.1) is 6.10 Å².